The minimum absolute atomic E-state index is 0.260. The van der Waals surface area contributed by atoms with Crippen molar-refractivity contribution in [1.82, 2.24) is 5.32 Å². The van der Waals surface area contributed by atoms with Crippen LogP contribution in [0, 0.1) is 0 Å². The van der Waals surface area contributed by atoms with E-state index in [9.17, 15) is 40.5 Å². The van der Waals surface area contributed by atoms with E-state index in [1.165, 1.54) is 295 Å². The van der Waals surface area contributed by atoms with Crippen molar-refractivity contribution >= 4 is 5.91 Å². The van der Waals surface area contributed by atoms with E-state index >= 15 is 0 Å². The van der Waals surface area contributed by atoms with Gasteiger partial charge in [0.15, 0.2) is 6.29 Å². The van der Waals surface area contributed by atoms with Gasteiger partial charge in [-0.15, -0.1) is 0 Å². The topological polar surface area (TPSA) is 189 Å². The van der Waals surface area contributed by atoms with Crippen molar-refractivity contribution in [2.75, 3.05) is 13.2 Å². The summed E-state index contributed by atoms with van der Waals surface area (Å²) in [4.78, 5) is 13.3. The molecule has 9 atom stereocenters. The number of rotatable bonds is 65. The number of aliphatic hydroxyl groups excluding tert-OH is 7. The number of hydrogen-bond donors (Lipinski definition) is 8. The molecule has 1 aliphatic heterocycles. The zero-order valence-corrected chi connectivity index (χ0v) is 54.7. The van der Waals surface area contributed by atoms with Gasteiger partial charge in [-0.05, 0) is 38.5 Å². The predicted octanol–water partition coefficient (Wildman–Crippen LogP) is 17.8. The van der Waals surface area contributed by atoms with Crippen LogP contribution in [0.5, 0.6) is 0 Å². The highest BCUT2D eigenvalue weighted by Gasteiger charge is 2.44. The molecule has 83 heavy (non-hydrogen) atoms. The Morgan fingerprint density at radius 3 is 1.04 bits per heavy atom. The lowest BCUT2D eigenvalue weighted by Crippen LogP contribution is -2.60. The zero-order chi connectivity index (χ0) is 60.3. The van der Waals surface area contributed by atoms with Gasteiger partial charge in [0.2, 0.25) is 5.91 Å². The van der Waals surface area contributed by atoms with Crippen molar-refractivity contribution in [2.45, 2.75) is 428 Å². The summed E-state index contributed by atoms with van der Waals surface area (Å²) in [6, 6.07) is -1.18. The Balaban J connectivity index is 2.18. The van der Waals surface area contributed by atoms with Crippen molar-refractivity contribution in [3.8, 4) is 0 Å². The van der Waals surface area contributed by atoms with Crippen molar-refractivity contribution < 1.29 is 50.0 Å². The van der Waals surface area contributed by atoms with Gasteiger partial charge >= 0.3 is 0 Å². The molecule has 0 aromatic carbocycles. The van der Waals surface area contributed by atoms with Crippen molar-refractivity contribution in [3.05, 3.63) is 12.2 Å². The maximum absolute atomic E-state index is 13.3. The number of carbonyl (C=O) groups excluding carboxylic acids is 1. The highest BCUT2D eigenvalue weighted by molar-refractivity contribution is 5.80. The zero-order valence-electron chi connectivity index (χ0n) is 54.7. The maximum Gasteiger partial charge on any atom is 0.249 e. The van der Waals surface area contributed by atoms with Crippen LogP contribution in [0.25, 0.3) is 0 Å². The molecule has 0 bridgehead atoms. The van der Waals surface area contributed by atoms with E-state index < -0.39 is 74.2 Å². The molecule has 0 spiro atoms. The molecule has 1 rings (SSSR count). The highest BCUT2D eigenvalue weighted by atomic mass is 16.7. The molecule has 0 aromatic heterocycles. The van der Waals surface area contributed by atoms with Crippen molar-refractivity contribution in [3.63, 3.8) is 0 Å². The minimum atomic E-state index is -1.67. The van der Waals surface area contributed by atoms with E-state index in [4.69, 9.17) is 9.47 Å². The van der Waals surface area contributed by atoms with E-state index in [0.717, 1.165) is 38.5 Å². The molecule has 494 valence electrons. The maximum atomic E-state index is 13.3. The van der Waals surface area contributed by atoms with Gasteiger partial charge in [0.25, 0.3) is 0 Å². The van der Waals surface area contributed by atoms with E-state index in [2.05, 4.69) is 31.3 Å². The molecule has 0 aliphatic carbocycles. The summed E-state index contributed by atoms with van der Waals surface area (Å²) in [5, 5.41) is 76.5. The molecular weight excluding hydrogens is 1040 g/mol. The van der Waals surface area contributed by atoms with Crippen LogP contribution in [0.1, 0.15) is 373 Å². The molecule has 8 N–H and O–H groups in total. The van der Waals surface area contributed by atoms with E-state index in [-0.39, 0.29) is 12.8 Å². The number of ether oxygens (including phenoxy) is 2. The Kier molecular flexibility index (Phi) is 58.8. The summed E-state index contributed by atoms with van der Waals surface area (Å²) in [5.74, 6) is -0.697. The highest BCUT2D eigenvalue weighted by Crippen LogP contribution is 2.24. The van der Waals surface area contributed by atoms with Gasteiger partial charge in [-0.25, -0.2) is 0 Å². The number of allylic oxidation sites excluding steroid dienone is 2. The second-order valence-electron chi connectivity index (χ2n) is 26.0. The predicted molar refractivity (Wildman–Crippen MR) is 349 cm³/mol. The second-order valence-corrected chi connectivity index (χ2v) is 26.0. The van der Waals surface area contributed by atoms with Gasteiger partial charge in [-0.2, -0.15) is 0 Å². The number of unbranched alkanes of at least 4 members (excludes halogenated alkanes) is 51. The molecule has 1 aliphatic rings. The third-order valence-corrected chi connectivity index (χ3v) is 18.1. The average Bonchev–Trinajstić information content (AvgIpc) is 3.68. The fraction of sp³-hybridized carbons (Fsp3) is 0.958. The smallest absolute Gasteiger partial charge is 0.249 e. The van der Waals surface area contributed by atoms with Crippen LogP contribution in [-0.2, 0) is 14.3 Å². The van der Waals surface area contributed by atoms with Crippen molar-refractivity contribution in [1.29, 1.82) is 0 Å². The van der Waals surface area contributed by atoms with Crippen LogP contribution in [0.4, 0.5) is 0 Å². The van der Waals surface area contributed by atoms with Gasteiger partial charge in [-0.1, -0.05) is 347 Å². The second kappa shape index (κ2) is 61.1. The molecule has 1 saturated heterocycles. The molecule has 1 fully saturated rings. The van der Waals surface area contributed by atoms with Crippen LogP contribution in [-0.4, -0.2) is 110 Å². The number of amides is 1. The number of aliphatic hydroxyl groups is 7. The SMILES string of the molecule is CCCCCCCCCCCCCCCCCCCCCC/C=C/CCCC(O)C(O)C(COC1OC(CO)C(O)C(O)C1O)NC(=O)C(O)CCCCCCCCCCCCCCCCCCCCCCCCCCCCCCCCC. The summed E-state index contributed by atoms with van der Waals surface area (Å²) in [5.41, 5.74) is 0. The Hall–Kier alpha value is -1.15. The Morgan fingerprint density at radius 1 is 0.410 bits per heavy atom. The van der Waals surface area contributed by atoms with E-state index in [0.29, 0.717) is 12.8 Å². The first-order valence-electron chi connectivity index (χ1n) is 36.6. The lowest BCUT2D eigenvalue weighted by molar-refractivity contribution is -0.303. The quantitative estimate of drug-likeness (QED) is 0.0215. The Morgan fingerprint density at radius 2 is 0.711 bits per heavy atom. The monoisotopic (exact) mass is 1180 g/mol. The van der Waals surface area contributed by atoms with E-state index in [1.807, 2.05) is 0 Å². The summed E-state index contributed by atoms with van der Waals surface area (Å²) in [7, 11) is 0. The Labute approximate surface area is 512 Å². The Bertz CT molecular complexity index is 1350. The number of hydrogen-bond acceptors (Lipinski definition) is 10. The molecular formula is C72H141NO10. The lowest BCUT2D eigenvalue weighted by atomic mass is 9.98. The first kappa shape index (κ1) is 79.9. The minimum Gasteiger partial charge on any atom is -0.394 e. The first-order chi connectivity index (χ1) is 40.7. The molecule has 11 nitrogen and oxygen atoms in total. The fourth-order valence-electron chi connectivity index (χ4n) is 12.2. The molecule has 0 aromatic rings. The van der Waals surface area contributed by atoms with Crippen molar-refractivity contribution in [2.24, 2.45) is 0 Å². The van der Waals surface area contributed by atoms with E-state index in [1.54, 1.807) is 0 Å². The average molecular weight is 1180 g/mol. The normalized spacial score (nSPS) is 19.0. The van der Waals surface area contributed by atoms with Gasteiger partial charge < -0.3 is 50.5 Å². The van der Waals surface area contributed by atoms with Gasteiger partial charge in [0.05, 0.1) is 25.4 Å². The fourth-order valence-corrected chi connectivity index (χ4v) is 12.2. The molecule has 0 saturated carbocycles. The van der Waals surface area contributed by atoms with Gasteiger partial charge in [0.1, 0.15) is 36.6 Å². The summed E-state index contributed by atoms with van der Waals surface area (Å²) >= 11 is 0. The molecule has 1 heterocycles. The third kappa shape index (κ3) is 48.5. The van der Waals surface area contributed by atoms with Crippen LogP contribution >= 0.6 is 0 Å². The number of carbonyl (C=O) groups is 1. The lowest BCUT2D eigenvalue weighted by Gasteiger charge is -2.40. The van der Waals surface area contributed by atoms with Gasteiger partial charge in [0, 0.05) is 0 Å². The summed E-state index contributed by atoms with van der Waals surface area (Å²) in [6.07, 6.45) is 64.5. The number of nitrogens with one attached hydrogen (secondary N) is 1. The third-order valence-electron chi connectivity index (χ3n) is 18.1. The van der Waals surface area contributed by atoms with Crippen LogP contribution in [0.15, 0.2) is 12.2 Å². The van der Waals surface area contributed by atoms with Crippen LogP contribution in [0.2, 0.25) is 0 Å². The standard InChI is InChI=1S/C72H141NO10/c1-3-5-7-9-11-13-15-17-19-21-23-25-27-29-30-31-32-33-34-36-38-40-42-44-46-48-50-52-54-56-58-60-65(76)71(81)73-63(62-82-72-70(80)69(79)68(78)66(61-74)83-72)67(77)64(75)59-57-55-53-51-49-47-45-43-41-39-37-35-28-26-24-22-20-18-16-14-12-10-8-6-4-2/h51,53,63-70,72,74-80H,3-50,52,54-62H2,1-2H3,(H,73,81)/b53-51+. The summed E-state index contributed by atoms with van der Waals surface area (Å²) < 4.78 is 11.2. The summed E-state index contributed by atoms with van der Waals surface area (Å²) in [6.45, 7) is 3.51. The van der Waals surface area contributed by atoms with Gasteiger partial charge in [-0.3, -0.25) is 4.79 Å². The largest absolute Gasteiger partial charge is 0.394 e. The van der Waals surface area contributed by atoms with Crippen LogP contribution in [0.3, 0.4) is 0 Å². The molecule has 9 unspecified atom stereocenters. The molecule has 11 heteroatoms. The van der Waals surface area contributed by atoms with Crippen LogP contribution < -0.4 is 5.32 Å². The molecule has 0 radical (unpaired) electrons. The molecule has 1 amide bonds. The first-order valence-corrected chi connectivity index (χ1v) is 36.6.